The fourth-order valence-electron chi connectivity index (χ4n) is 4.21. The Morgan fingerprint density at radius 1 is 0.921 bits per heavy atom. The number of ether oxygens (including phenoxy) is 1. The van der Waals surface area contributed by atoms with E-state index in [0.29, 0.717) is 45.0 Å². The Kier molecular flexibility index (Phi) is 6.62. The number of primary sulfonamides is 1. The van der Waals surface area contributed by atoms with Crippen LogP contribution in [0.1, 0.15) is 15.9 Å². The summed E-state index contributed by atoms with van der Waals surface area (Å²) in [5.41, 5.74) is 7.75. The average Bonchev–Trinajstić information content (AvgIpc) is 2.90. The van der Waals surface area contributed by atoms with Crippen LogP contribution >= 0.6 is 0 Å². The summed E-state index contributed by atoms with van der Waals surface area (Å²) >= 11 is 0. The molecule has 4 N–H and O–H groups in total. The number of ketones is 1. The first-order chi connectivity index (χ1) is 18.2. The Bertz CT molecular complexity index is 1790. The largest absolute Gasteiger partial charge is 0.457 e. The van der Waals surface area contributed by atoms with Gasteiger partial charge in [0.05, 0.1) is 4.90 Å². The van der Waals surface area contributed by atoms with Crippen molar-refractivity contribution in [3.8, 4) is 22.6 Å². The van der Waals surface area contributed by atoms with Crippen molar-refractivity contribution in [2.24, 2.45) is 5.14 Å². The van der Waals surface area contributed by atoms with E-state index in [-0.39, 0.29) is 17.1 Å². The molecule has 0 fully saturated rings. The molecule has 5 rings (SSSR count). The van der Waals surface area contributed by atoms with Crippen molar-refractivity contribution >= 4 is 32.4 Å². The van der Waals surface area contributed by atoms with E-state index in [1.54, 1.807) is 60.8 Å². The molecule has 9 heteroatoms. The van der Waals surface area contributed by atoms with Crippen LogP contribution < -0.4 is 15.6 Å². The summed E-state index contributed by atoms with van der Waals surface area (Å²) in [5, 5.41) is 6.96. The number of fused-ring (bicyclic) bond motifs is 1. The van der Waals surface area contributed by atoms with E-state index >= 15 is 0 Å². The molecule has 0 saturated carbocycles. The zero-order valence-corrected chi connectivity index (χ0v) is 20.8. The smallest absolute Gasteiger partial charge is 0.238 e. The first kappa shape index (κ1) is 25.1. The molecule has 0 aliphatic heterocycles. The van der Waals surface area contributed by atoms with Crippen LogP contribution in [0.3, 0.4) is 0 Å². The van der Waals surface area contributed by atoms with Crippen molar-refractivity contribution in [2.75, 3.05) is 5.73 Å². The number of pyridine rings is 1. The maximum absolute atomic E-state index is 14.1. The minimum Gasteiger partial charge on any atom is -0.457 e. The molecule has 190 valence electrons. The molecular formula is C29H22FN3O4S. The molecule has 0 aliphatic rings. The summed E-state index contributed by atoms with van der Waals surface area (Å²) in [6.45, 7) is 0. The van der Waals surface area contributed by atoms with Gasteiger partial charge in [-0.05, 0) is 53.4 Å². The van der Waals surface area contributed by atoms with Crippen LogP contribution in [-0.2, 0) is 16.4 Å². The molecule has 0 bridgehead atoms. The number of hydrogen-bond acceptors (Lipinski definition) is 6. The average molecular weight is 528 g/mol. The number of nitrogen functional groups attached to an aromatic ring is 1. The number of benzene rings is 4. The number of rotatable bonds is 7. The summed E-state index contributed by atoms with van der Waals surface area (Å²) in [6.07, 6.45) is 1.50. The van der Waals surface area contributed by atoms with Gasteiger partial charge in [-0.15, -0.1) is 0 Å². The van der Waals surface area contributed by atoms with Gasteiger partial charge in [-0.1, -0.05) is 48.5 Å². The quantitative estimate of drug-likeness (QED) is 0.270. The third kappa shape index (κ3) is 5.24. The van der Waals surface area contributed by atoms with Gasteiger partial charge in [0.1, 0.15) is 23.1 Å². The maximum Gasteiger partial charge on any atom is 0.238 e. The van der Waals surface area contributed by atoms with E-state index in [9.17, 15) is 17.6 Å². The maximum atomic E-state index is 14.1. The molecule has 0 unspecified atom stereocenters. The number of sulfonamides is 1. The van der Waals surface area contributed by atoms with Crippen molar-refractivity contribution in [1.29, 1.82) is 0 Å². The topological polar surface area (TPSA) is 125 Å². The van der Waals surface area contributed by atoms with Gasteiger partial charge < -0.3 is 10.5 Å². The van der Waals surface area contributed by atoms with Gasteiger partial charge in [0.25, 0.3) is 0 Å². The van der Waals surface area contributed by atoms with Crippen LogP contribution in [-0.4, -0.2) is 19.2 Å². The van der Waals surface area contributed by atoms with Gasteiger partial charge in [-0.2, -0.15) is 0 Å². The molecule has 0 amide bonds. The van der Waals surface area contributed by atoms with Gasteiger partial charge in [0.2, 0.25) is 10.0 Å². The molecular weight excluding hydrogens is 505 g/mol. The van der Waals surface area contributed by atoms with Crippen molar-refractivity contribution in [1.82, 2.24) is 4.98 Å². The minimum atomic E-state index is -3.92. The van der Waals surface area contributed by atoms with E-state index in [1.807, 2.05) is 12.1 Å². The summed E-state index contributed by atoms with van der Waals surface area (Å²) in [5.74, 6) is 0.397. The Morgan fingerprint density at radius 3 is 2.45 bits per heavy atom. The molecule has 5 aromatic rings. The number of Topliss-reactive ketones (excluding diaryl/α,β-unsaturated/α-hetero) is 1. The standard InChI is InChI=1S/C29H22FN3O4S/c30-22-10-12-27(37-23-11-9-19-13-14-33-29(31)25(19)17-23)21(15-22)16-26(34)20-7-5-18(6-8-20)24-3-1-2-4-28(24)38(32,35)36/h1-15,17H,16H2,(H2,31,33)(H2,32,35,36). The van der Waals surface area contributed by atoms with Crippen molar-refractivity contribution in [3.63, 3.8) is 0 Å². The molecule has 0 saturated heterocycles. The third-order valence-corrected chi connectivity index (χ3v) is 7.05. The number of hydrogen-bond donors (Lipinski definition) is 2. The zero-order chi connectivity index (χ0) is 26.9. The summed E-state index contributed by atoms with van der Waals surface area (Å²) < 4.78 is 44.0. The van der Waals surface area contributed by atoms with Crippen LogP contribution in [0.2, 0.25) is 0 Å². The van der Waals surface area contributed by atoms with E-state index in [4.69, 9.17) is 15.6 Å². The number of halogens is 1. The predicted octanol–water partition coefficient (Wildman–Crippen LogP) is 5.49. The van der Waals surface area contributed by atoms with E-state index in [0.717, 1.165) is 5.39 Å². The molecule has 38 heavy (non-hydrogen) atoms. The monoisotopic (exact) mass is 527 g/mol. The van der Waals surface area contributed by atoms with Gasteiger partial charge in [-0.3, -0.25) is 4.79 Å². The van der Waals surface area contributed by atoms with E-state index < -0.39 is 15.8 Å². The van der Waals surface area contributed by atoms with Gasteiger partial charge >= 0.3 is 0 Å². The Balaban J connectivity index is 1.40. The first-order valence-corrected chi connectivity index (χ1v) is 13.1. The van der Waals surface area contributed by atoms with Crippen molar-refractivity contribution in [2.45, 2.75) is 11.3 Å². The van der Waals surface area contributed by atoms with Gasteiger partial charge in [0.15, 0.2) is 5.78 Å². The highest BCUT2D eigenvalue weighted by molar-refractivity contribution is 7.89. The molecule has 1 aromatic heterocycles. The Morgan fingerprint density at radius 2 is 1.68 bits per heavy atom. The van der Waals surface area contributed by atoms with Crippen LogP contribution in [0.5, 0.6) is 11.5 Å². The number of carbonyl (C=O) groups excluding carboxylic acids is 1. The molecule has 4 aromatic carbocycles. The number of aromatic nitrogens is 1. The molecule has 1 heterocycles. The second kappa shape index (κ2) is 10.0. The lowest BCUT2D eigenvalue weighted by molar-refractivity contribution is 0.0992. The number of carbonyl (C=O) groups is 1. The number of anilines is 1. The minimum absolute atomic E-state index is 0.00754. The number of nitrogens with zero attached hydrogens (tertiary/aromatic N) is 1. The highest BCUT2D eigenvalue weighted by Gasteiger charge is 2.17. The third-order valence-electron chi connectivity index (χ3n) is 6.08. The predicted molar refractivity (Wildman–Crippen MR) is 144 cm³/mol. The Hall–Kier alpha value is -4.60. The zero-order valence-electron chi connectivity index (χ0n) is 20.0. The molecule has 0 spiro atoms. The second-order valence-electron chi connectivity index (χ2n) is 8.65. The van der Waals surface area contributed by atoms with E-state index in [1.165, 1.54) is 24.3 Å². The summed E-state index contributed by atoms with van der Waals surface area (Å²) in [6, 6.07) is 24.0. The van der Waals surface area contributed by atoms with Crippen molar-refractivity contribution < 1.29 is 22.3 Å². The molecule has 0 atom stereocenters. The summed E-state index contributed by atoms with van der Waals surface area (Å²) in [4.78, 5) is 17.2. The van der Waals surface area contributed by atoms with Crippen LogP contribution in [0.25, 0.3) is 21.9 Å². The lowest BCUT2D eigenvalue weighted by Gasteiger charge is -2.13. The highest BCUT2D eigenvalue weighted by atomic mass is 32.2. The molecule has 7 nitrogen and oxygen atoms in total. The normalized spacial score (nSPS) is 11.4. The van der Waals surface area contributed by atoms with Gasteiger partial charge in [-0.25, -0.2) is 22.9 Å². The Labute approximate surface area is 218 Å². The van der Waals surface area contributed by atoms with Crippen LogP contribution in [0, 0.1) is 5.82 Å². The second-order valence-corrected chi connectivity index (χ2v) is 10.2. The van der Waals surface area contributed by atoms with Crippen LogP contribution in [0.4, 0.5) is 10.2 Å². The van der Waals surface area contributed by atoms with Crippen LogP contribution in [0.15, 0.2) is 102 Å². The SMILES string of the molecule is Nc1nccc2ccc(Oc3ccc(F)cc3CC(=O)c3ccc(-c4ccccc4S(N)(=O)=O)cc3)cc12. The fourth-order valence-corrected chi connectivity index (χ4v) is 4.97. The summed E-state index contributed by atoms with van der Waals surface area (Å²) in [7, 11) is -3.92. The molecule has 0 aliphatic carbocycles. The molecule has 0 radical (unpaired) electrons. The number of nitrogens with two attached hydrogens (primary N) is 2. The lowest BCUT2D eigenvalue weighted by atomic mass is 9.99. The lowest BCUT2D eigenvalue weighted by Crippen LogP contribution is -2.13. The highest BCUT2D eigenvalue weighted by Crippen LogP contribution is 2.31. The fraction of sp³-hybridized carbons (Fsp3) is 0.0345. The van der Waals surface area contributed by atoms with Crippen molar-refractivity contribution in [3.05, 3.63) is 114 Å². The first-order valence-electron chi connectivity index (χ1n) is 11.5. The van der Waals surface area contributed by atoms with E-state index in [2.05, 4.69) is 4.98 Å². The van der Waals surface area contributed by atoms with Gasteiger partial charge in [0, 0.05) is 34.7 Å².